The fourth-order valence-electron chi connectivity index (χ4n) is 6.59. The van der Waals surface area contributed by atoms with Crippen LogP contribution < -0.4 is 0 Å². The third kappa shape index (κ3) is 3.32. The lowest BCUT2D eigenvalue weighted by Crippen LogP contribution is -2.70. The Balaban J connectivity index is 1.57. The first-order valence-corrected chi connectivity index (χ1v) is 13.0. The number of amides is 4. The monoisotopic (exact) mass is 505 g/mol. The number of benzene rings is 2. The lowest BCUT2D eigenvalue weighted by molar-refractivity contribution is -0.169. The van der Waals surface area contributed by atoms with Crippen LogP contribution in [0.4, 0.5) is 0 Å². The van der Waals surface area contributed by atoms with Crippen LogP contribution in [0.2, 0.25) is 5.02 Å². The Labute approximate surface area is 215 Å². The molecule has 3 aliphatic heterocycles. The number of nitrogens with zero attached hydrogens (tertiary/aromatic N) is 3. The number of hydrogen-bond donors (Lipinski definition) is 0. The lowest BCUT2D eigenvalue weighted by atomic mass is 9.74. The van der Waals surface area contributed by atoms with E-state index in [2.05, 4.69) is 0 Å². The average molecular weight is 506 g/mol. The molecule has 0 bridgehead atoms. The highest BCUT2D eigenvalue weighted by atomic mass is 35.5. The third-order valence-electron chi connectivity index (χ3n) is 8.28. The first-order chi connectivity index (χ1) is 17.4. The van der Waals surface area contributed by atoms with Crippen molar-refractivity contribution in [1.29, 1.82) is 0 Å². The first-order valence-electron chi connectivity index (χ1n) is 12.6. The molecule has 2 aromatic carbocycles. The zero-order valence-corrected chi connectivity index (χ0v) is 20.9. The SMILES string of the molecule is CCN1C(=O)[C@H]2[C@@H](c3ccc(Cl)cc3)N3C(=O)CN(CC4CC4)C(=O)[C@@]3(Cc3ccccc3)[C@H]2C1=O. The van der Waals surface area contributed by atoms with Crippen molar-refractivity contribution in [2.24, 2.45) is 17.8 Å². The number of fused-ring (bicyclic) bond motifs is 3. The van der Waals surface area contributed by atoms with E-state index in [1.54, 1.807) is 41.0 Å². The summed E-state index contributed by atoms with van der Waals surface area (Å²) in [6.07, 6.45) is 2.25. The van der Waals surface area contributed by atoms with Gasteiger partial charge in [0.2, 0.25) is 23.6 Å². The summed E-state index contributed by atoms with van der Waals surface area (Å²) in [7, 11) is 0. The van der Waals surface area contributed by atoms with E-state index < -0.39 is 23.4 Å². The molecule has 0 radical (unpaired) electrons. The van der Waals surface area contributed by atoms with Crippen LogP contribution in [0.5, 0.6) is 0 Å². The van der Waals surface area contributed by atoms with Crippen molar-refractivity contribution < 1.29 is 19.2 Å². The second-order valence-electron chi connectivity index (χ2n) is 10.4. The Bertz CT molecular complexity index is 1250. The Morgan fingerprint density at radius 1 is 0.944 bits per heavy atom. The Hall–Kier alpha value is -3.19. The molecule has 2 aromatic rings. The number of imide groups is 1. The molecule has 6 rings (SSSR count). The van der Waals surface area contributed by atoms with Crippen LogP contribution in [0.25, 0.3) is 0 Å². The number of likely N-dealkylation sites (tertiary alicyclic amines) is 1. The van der Waals surface area contributed by atoms with Crippen LogP contribution in [0.15, 0.2) is 54.6 Å². The van der Waals surface area contributed by atoms with E-state index in [0.717, 1.165) is 18.4 Å². The highest BCUT2D eigenvalue weighted by Crippen LogP contribution is 2.58. The molecule has 36 heavy (non-hydrogen) atoms. The van der Waals surface area contributed by atoms with E-state index in [4.69, 9.17) is 11.6 Å². The van der Waals surface area contributed by atoms with Gasteiger partial charge in [-0.2, -0.15) is 0 Å². The third-order valence-corrected chi connectivity index (χ3v) is 8.53. The van der Waals surface area contributed by atoms with Crippen LogP contribution in [0.3, 0.4) is 0 Å². The molecule has 1 aliphatic carbocycles. The highest BCUT2D eigenvalue weighted by Gasteiger charge is 2.74. The van der Waals surface area contributed by atoms with Gasteiger partial charge in [-0.3, -0.25) is 24.1 Å². The summed E-state index contributed by atoms with van der Waals surface area (Å²) in [5, 5.41) is 0.532. The number of rotatable bonds is 6. The van der Waals surface area contributed by atoms with Gasteiger partial charge >= 0.3 is 0 Å². The fourth-order valence-corrected chi connectivity index (χ4v) is 6.72. The molecular formula is C28H28ClN3O4. The van der Waals surface area contributed by atoms with E-state index in [9.17, 15) is 19.2 Å². The van der Waals surface area contributed by atoms with E-state index in [1.807, 2.05) is 30.3 Å². The van der Waals surface area contributed by atoms with Gasteiger partial charge in [0.05, 0.1) is 24.4 Å². The summed E-state index contributed by atoms with van der Waals surface area (Å²) in [5.74, 6) is -2.49. The molecule has 186 valence electrons. The molecule has 4 atom stereocenters. The van der Waals surface area contributed by atoms with Crippen molar-refractivity contribution >= 4 is 35.2 Å². The molecule has 7 nitrogen and oxygen atoms in total. The van der Waals surface area contributed by atoms with Crippen LogP contribution in [0, 0.1) is 17.8 Å². The minimum Gasteiger partial charge on any atom is -0.331 e. The number of hydrogen-bond acceptors (Lipinski definition) is 4. The molecular weight excluding hydrogens is 478 g/mol. The lowest BCUT2D eigenvalue weighted by Gasteiger charge is -2.49. The maximum absolute atomic E-state index is 14.5. The van der Waals surface area contributed by atoms with Gasteiger partial charge < -0.3 is 9.80 Å². The van der Waals surface area contributed by atoms with Gasteiger partial charge in [-0.1, -0.05) is 54.1 Å². The Morgan fingerprint density at radius 2 is 1.64 bits per heavy atom. The van der Waals surface area contributed by atoms with Crippen molar-refractivity contribution in [3.8, 4) is 0 Å². The minimum atomic E-state index is -1.46. The second kappa shape index (κ2) is 8.44. The van der Waals surface area contributed by atoms with Crippen molar-refractivity contribution in [2.75, 3.05) is 19.6 Å². The molecule has 3 heterocycles. The highest BCUT2D eigenvalue weighted by molar-refractivity contribution is 6.30. The number of carbonyl (C=O) groups is 4. The predicted octanol–water partition coefficient (Wildman–Crippen LogP) is 3.08. The van der Waals surface area contributed by atoms with Crippen LogP contribution in [0.1, 0.15) is 36.9 Å². The molecule has 8 heteroatoms. The summed E-state index contributed by atoms with van der Waals surface area (Å²) < 4.78 is 0. The summed E-state index contributed by atoms with van der Waals surface area (Å²) in [5.41, 5.74) is 0.0971. The van der Waals surface area contributed by atoms with Gasteiger partial charge in [0, 0.05) is 24.5 Å². The number of carbonyl (C=O) groups excluding carboxylic acids is 4. The second-order valence-corrected chi connectivity index (χ2v) is 10.8. The van der Waals surface area contributed by atoms with E-state index in [-0.39, 0.29) is 43.1 Å². The smallest absolute Gasteiger partial charge is 0.250 e. The summed E-state index contributed by atoms with van der Waals surface area (Å²) in [4.78, 5) is 60.5. The van der Waals surface area contributed by atoms with Crippen molar-refractivity contribution in [3.05, 3.63) is 70.7 Å². The van der Waals surface area contributed by atoms with Gasteiger partial charge in [0.1, 0.15) is 5.54 Å². The molecule has 0 spiro atoms. The molecule has 0 unspecified atom stereocenters. The molecule has 3 saturated heterocycles. The molecule has 4 fully saturated rings. The van der Waals surface area contributed by atoms with Gasteiger partial charge in [0.25, 0.3) is 0 Å². The maximum Gasteiger partial charge on any atom is 0.250 e. The molecule has 4 amide bonds. The normalized spacial score (nSPS) is 29.7. The summed E-state index contributed by atoms with van der Waals surface area (Å²) >= 11 is 6.15. The zero-order chi connectivity index (χ0) is 25.2. The molecule has 0 N–H and O–H groups in total. The fraction of sp³-hybridized carbons (Fsp3) is 0.429. The standard InChI is InChI=1S/C28H28ClN3O4/c1-2-31-25(34)22-23(26(31)35)28(14-17-6-4-3-5-7-17)27(36)30(15-18-8-9-18)16-21(33)32(28)24(22)19-10-12-20(29)13-11-19/h3-7,10-13,18,22-24H,2,8-9,14-16H2,1H3/t22-,23-,24-,28-/m1/s1. The van der Waals surface area contributed by atoms with Gasteiger partial charge in [-0.15, -0.1) is 0 Å². The Kier molecular flexibility index (Phi) is 5.45. The summed E-state index contributed by atoms with van der Waals surface area (Å²) in [6.45, 7) is 2.48. The number of halogens is 1. The van der Waals surface area contributed by atoms with E-state index in [0.29, 0.717) is 23.0 Å². The van der Waals surface area contributed by atoms with E-state index >= 15 is 0 Å². The quantitative estimate of drug-likeness (QED) is 0.565. The topological polar surface area (TPSA) is 78.0 Å². The predicted molar refractivity (Wildman–Crippen MR) is 133 cm³/mol. The molecule has 0 aromatic heterocycles. The first kappa shape index (κ1) is 23.2. The minimum absolute atomic E-state index is 0.0325. The van der Waals surface area contributed by atoms with Crippen LogP contribution >= 0.6 is 11.6 Å². The van der Waals surface area contributed by atoms with Crippen molar-refractivity contribution in [1.82, 2.24) is 14.7 Å². The van der Waals surface area contributed by atoms with Crippen molar-refractivity contribution in [2.45, 2.75) is 37.8 Å². The zero-order valence-electron chi connectivity index (χ0n) is 20.1. The van der Waals surface area contributed by atoms with Gasteiger partial charge in [-0.25, -0.2) is 0 Å². The van der Waals surface area contributed by atoms with Gasteiger partial charge in [-0.05, 0) is 48.9 Å². The summed E-state index contributed by atoms with van der Waals surface area (Å²) in [6, 6.07) is 15.8. The molecule has 4 aliphatic rings. The van der Waals surface area contributed by atoms with Gasteiger partial charge in [0.15, 0.2) is 0 Å². The van der Waals surface area contributed by atoms with Crippen LogP contribution in [-0.2, 0) is 25.6 Å². The largest absolute Gasteiger partial charge is 0.331 e. The number of piperazine rings is 1. The average Bonchev–Trinajstić information content (AvgIpc) is 3.58. The Morgan fingerprint density at radius 3 is 2.28 bits per heavy atom. The van der Waals surface area contributed by atoms with E-state index in [1.165, 1.54) is 4.90 Å². The van der Waals surface area contributed by atoms with Crippen LogP contribution in [-0.4, -0.2) is 63.5 Å². The molecule has 1 saturated carbocycles. The maximum atomic E-state index is 14.5. The van der Waals surface area contributed by atoms with Crippen molar-refractivity contribution in [3.63, 3.8) is 0 Å².